The molecule has 15 heteroatoms. The summed E-state index contributed by atoms with van der Waals surface area (Å²) in [6.45, 7) is 13.7. The molecule has 4 aliphatic rings. The van der Waals surface area contributed by atoms with E-state index in [0.29, 0.717) is 13.0 Å². The molecule has 6 atom stereocenters. The van der Waals surface area contributed by atoms with Gasteiger partial charge in [-0.05, 0) is 53.8 Å². The van der Waals surface area contributed by atoms with E-state index < -0.39 is 69.3 Å². The summed E-state index contributed by atoms with van der Waals surface area (Å²) in [6.07, 6.45) is 8.43. The fraction of sp³-hybridized carbons (Fsp3) is 0.806. The number of nitrogens with one attached hydrogen (secondary N) is 4. The summed E-state index contributed by atoms with van der Waals surface area (Å²) in [4.78, 5) is 69.7. The van der Waals surface area contributed by atoms with Gasteiger partial charge in [-0.1, -0.05) is 72.8 Å². The lowest BCUT2D eigenvalue weighted by atomic mass is 9.83. The maximum absolute atomic E-state index is 14.5. The first-order valence-corrected chi connectivity index (χ1v) is 19.9. The highest BCUT2D eigenvalue weighted by molar-refractivity contribution is 7.86. The molecule has 51 heavy (non-hydrogen) atoms. The predicted octanol–water partition coefficient (Wildman–Crippen LogP) is 2.03. The third kappa shape index (κ3) is 9.50. The molecule has 3 aliphatic carbocycles. The molecular formula is C36H61N7O7S. The van der Waals surface area contributed by atoms with Crippen LogP contribution in [0.3, 0.4) is 0 Å². The van der Waals surface area contributed by atoms with E-state index in [1.54, 1.807) is 4.90 Å². The van der Waals surface area contributed by atoms with Crippen molar-refractivity contribution in [3.05, 3.63) is 12.7 Å². The van der Waals surface area contributed by atoms with E-state index in [9.17, 15) is 32.4 Å². The van der Waals surface area contributed by atoms with Crippen molar-refractivity contribution in [2.24, 2.45) is 34.5 Å². The minimum Gasteiger partial charge on any atom is -0.346 e. The molecule has 0 aromatic heterocycles. The van der Waals surface area contributed by atoms with Crippen LogP contribution in [-0.2, 0) is 29.4 Å². The predicted molar refractivity (Wildman–Crippen MR) is 194 cm³/mol. The monoisotopic (exact) mass is 735 g/mol. The number of hydrogen-bond acceptors (Lipinski definition) is 7. The first kappa shape index (κ1) is 40.7. The summed E-state index contributed by atoms with van der Waals surface area (Å²) in [5.41, 5.74) is -0.957. The Morgan fingerprint density at radius 1 is 0.961 bits per heavy atom. The lowest BCUT2D eigenvalue weighted by molar-refractivity contribution is -0.145. The molecule has 3 saturated carbocycles. The average molecular weight is 736 g/mol. The highest BCUT2D eigenvalue weighted by atomic mass is 32.2. The summed E-state index contributed by atoms with van der Waals surface area (Å²) in [7, 11) is 0.699. The minimum atomic E-state index is -3.72. The zero-order valence-electron chi connectivity index (χ0n) is 31.8. The van der Waals surface area contributed by atoms with E-state index in [-0.39, 0.29) is 42.2 Å². The number of hydrogen-bond donors (Lipinski definition) is 4. The van der Waals surface area contributed by atoms with E-state index in [4.69, 9.17) is 0 Å². The van der Waals surface area contributed by atoms with Crippen LogP contribution in [0.5, 0.6) is 0 Å². The molecule has 288 valence electrons. The van der Waals surface area contributed by atoms with Crippen LogP contribution < -0.4 is 21.3 Å². The Morgan fingerprint density at radius 2 is 1.59 bits per heavy atom. The first-order chi connectivity index (χ1) is 23.7. The number of fused-ring (bicyclic) bond motifs is 1. The average Bonchev–Trinajstić information content (AvgIpc) is 3.92. The van der Waals surface area contributed by atoms with Gasteiger partial charge >= 0.3 is 6.03 Å². The number of likely N-dealkylation sites (tertiary alicyclic amines) is 1. The van der Waals surface area contributed by atoms with Crippen molar-refractivity contribution in [2.75, 3.05) is 40.8 Å². The third-order valence-corrected chi connectivity index (χ3v) is 13.4. The number of ketones is 1. The largest absolute Gasteiger partial charge is 0.346 e. The summed E-state index contributed by atoms with van der Waals surface area (Å²) < 4.78 is 28.1. The van der Waals surface area contributed by atoms with Gasteiger partial charge in [0, 0.05) is 46.8 Å². The van der Waals surface area contributed by atoms with Gasteiger partial charge in [0.05, 0.1) is 6.04 Å². The number of likely N-dealkylation sites (N-methyl/N-ethyl adjacent to an activating group) is 1. The van der Waals surface area contributed by atoms with Crippen LogP contribution in [0.1, 0.15) is 86.0 Å². The van der Waals surface area contributed by atoms with Gasteiger partial charge in [-0.15, -0.1) is 6.58 Å². The number of carbonyl (C=O) groups excluding carboxylic acids is 5. The zero-order valence-corrected chi connectivity index (χ0v) is 32.6. The normalized spacial score (nSPS) is 25.0. The Morgan fingerprint density at radius 3 is 2.14 bits per heavy atom. The fourth-order valence-electron chi connectivity index (χ4n) is 8.05. The van der Waals surface area contributed by atoms with Crippen LogP contribution in [0, 0.1) is 34.5 Å². The van der Waals surface area contributed by atoms with E-state index in [1.165, 1.54) is 31.5 Å². The van der Waals surface area contributed by atoms with Crippen LogP contribution >= 0.6 is 0 Å². The second kappa shape index (κ2) is 15.9. The number of carbonyl (C=O) groups is 5. The molecule has 1 saturated heterocycles. The lowest BCUT2D eigenvalue weighted by Crippen LogP contribution is -2.62. The van der Waals surface area contributed by atoms with Crippen LogP contribution in [0.15, 0.2) is 12.7 Å². The highest BCUT2D eigenvalue weighted by Crippen LogP contribution is 2.65. The molecule has 0 radical (unpaired) electrons. The maximum Gasteiger partial charge on any atom is 0.315 e. The number of Topliss-reactive ketones (excluding diaryl/α,β-unsaturated/α-hetero) is 1. The van der Waals surface area contributed by atoms with E-state index >= 15 is 0 Å². The highest BCUT2D eigenvalue weighted by Gasteiger charge is 2.70. The number of piperidine rings is 1. The smallest absolute Gasteiger partial charge is 0.315 e. The molecule has 4 N–H and O–H groups in total. The molecule has 4 rings (SSSR count). The quantitative estimate of drug-likeness (QED) is 0.139. The SMILES string of the molecule is C=CCNC(=O)C(=O)C(CC1CC1)NC(=O)[C@@H]1[C@@H]2[C@H](CN1C(=O)[C@@H](NC(=O)N[C@H](CN(C)S(=O)(=O)N(C)C)C1CCCCC1)C(C)(C)C)C2(C)C. The van der Waals surface area contributed by atoms with Crippen molar-refractivity contribution in [1.29, 1.82) is 0 Å². The molecule has 0 aromatic carbocycles. The van der Waals surface area contributed by atoms with E-state index in [2.05, 4.69) is 41.7 Å². The molecule has 5 amide bonds. The van der Waals surface area contributed by atoms with Gasteiger partial charge in [0.15, 0.2) is 0 Å². The van der Waals surface area contributed by atoms with Crippen molar-refractivity contribution >= 4 is 39.7 Å². The summed E-state index contributed by atoms with van der Waals surface area (Å²) >= 11 is 0. The number of urea groups is 1. The Labute approximate surface area is 304 Å². The Hall–Kier alpha value is -3.04. The van der Waals surface area contributed by atoms with E-state index in [0.717, 1.165) is 49.3 Å². The van der Waals surface area contributed by atoms with Gasteiger partial charge in [0.2, 0.25) is 17.6 Å². The molecule has 0 bridgehead atoms. The van der Waals surface area contributed by atoms with E-state index in [1.807, 2.05) is 20.8 Å². The standard InChI is InChI=1S/C36H61N7O7S/c1-10-18-37-32(46)29(44)25(19-22-16-17-22)38-31(45)28-27-24(36(27,5)6)20-43(28)33(47)30(35(2,3)4)40-34(48)39-26(23-14-12-11-13-15-23)21-42(9)51(49,50)41(7)8/h10,22-28,30H,1,11-21H2,2-9H3,(H,37,46)(H,38,45)(H2,39,40,48)/t24-,25?,26+,27-,28-,30+/m0/s1. The van der Waals surface area contributed by atoms with Gasteiger partial charge in [-0.2, -0.15) is 17.0 Å². The van der Waals surface area contributed by atoms with Gasteiger partial charge in [-0.3, -0.25) is 19.2 Å². The molecule has 0 spiro atoms. The van der Waals surface area contributed by atoms with Gasteiger partial charge < -0.3 is 26.2 Å². The lowest BCUT2D eigenvalue weighted by Gasteiger charge is -2.39. The number of amides is 5. The minimum absolute atomic E-state index is 0.0602. The Balaban J connectivity index is 1.53. The molecule has 4 fully saturated rings. The summed E-state index contributed by atoms with van der Waals surface area (Å²) in [6, 6.07) is -3.97. The second-order valence-electron chi connectivity index (χ2n) is 17.0. The topological polar surface area (TPSA) is 177 Å². The van der Waals surface area contributed by atoms with Crippen molar-refractivity contribution in [2.45, 2.75) is 110 Å². The zero-order chi connectivity index (χ0) is 38.1. The summed E-state index contributed by atoms with van der Waals surface area (Å²) in [5.74, 6) is -2.16. The van der Waals surface area contributed by atoms with Crippen LogP contribution in [0.2, 0.25) is 0 Å². The molecular weight excluding hydrogens is 675 g/mol. The number of nitrogens with zero attached hydrogens (tertiary/aromatic N) is 3. The third-order valence-electron chi connectivity index (χ3n) is 11.5. The summed E-state index contributed by atoms with van der Waals surface area (Å²) in [5, 5.41) is 11.3. The number of rotatable bonds is 16. The van der Waals surface area contributed by atoms with Crippen molar-refractivity contribution in [1.82, 2.24) is 34.8 Å². The van der Waals surface area contributed by atoms with Crippen LogP contribution in [-0.4, -0.2) is 116 Å². The Kier molecular flexibility index (Phi) is 12.7. The van der Waals surface area contributed by atoms with Gasteiger partial charge in [0.25, 0.3) is 16.1 Å². The van der Waals surface area contributed by atoms with Crippen molar-refractivity contribution in [3.8, 4) is 0 Å². The van der Waals surface area contributed by atoms with Gasteiger partial charge in [-0.25, -0.2) is 4.79 Å². The van der Waals surface area contributed by atoms with Gasteiger partial charge in [0.1, 0.15) is 12.1 Å². The fourth-order valence-corrected chi connectivity index (χ4v) is 8.96. The van der Waals surface area contributed by atoms with Crippen molar-refractivity contribution in [3.63, 3.8) is 0 Å². The molecule has 1 aliphatic heterocycles. The molecule has 14 nitrogen and oxygen atoms in total. The van der Waals surface area contributed by atoms with Crippen LogP contribution in [0.25, 0.3) is 0 Å². The molecule has 0 aromatic rings. The molecule has 1 unspecified atom stereocenters. The Bertz CT molecular complexity index is 1450. The second-order valence-corrected chi connectivity index (χ2v) is 19.2. The maximum atomic E-state index is 14.5. The van der Waals surface area contributed by atoms with Crippen LogP contribution in [0.4, 0.5) is 4.79 Å². The van der Waals surface area contributed by atoms with Crippen molar-refractivity contribution < 1.29 is 32.4 Å². The first-order valence-electron chi connectivity index (χ1n) is 18.5. The molecule has 1 heterocycles.